The highest BCUT2D eigenvalue weighted by Crippen LogP contribution is 2.29. The van der Waals surface area contributed by atoms with E-state index in [4.69, 9.17) is 4.74 Å². The van der Waals surface area contributed by atoms with Gasteiger partial charge in [-0.1, -0.05) is 34.6 Å². The smallest absolute Gasteiger partial charge is 0.0547 e. The lowest BCUT2D eigenvalue weighted by molar-refractivity contribution is 0.0959. The number of ether oxygens (including phenoxy) is 1. The average Bonchev–Trinajstić information content (AvgIpc) is 2.73. The van der Waals surface area contributed by atoms with Crippen LogP contribution in [0, 0.1) is 17.3 Å². The second-order valence-corrected chi connectivity index (χ2v) is 7.06. The summed E-state index contributed by atoms with van der Waals surface area (Å²) in [5.74, 6) is 1.47. The van der Waals surface area contributed by atoms with E-state index >= 15 is 0 Å². The molecule has 1 unspecified atom stereocenters. The number of rotatable bonds is 9. The molecule has 1 aliphatic rings. The molecule has 1 atom stereocenters. The molecule has 114 valence electrons. The first-order valence-electron chi connectivity index (χ1n) is 7.98. The Labute approximate surface area is 120 Å². The van der Waals surface area contributed by atoms with Gasteiger partial charge in [-0.2, -0.15) is 0 Å². The van der Waals surface area contributed by atoms with E-state index in [9.17, 15) is 0 Å². The molecular weight excluding hydrogens is 236 g/mol. The normalized spacial score (nSPS) is 24.0. The summed E-state index contributed by atoms with van der Waals surface area (Å²) < 4.78 is 5.70. The van der Waals surface area contributed by atoms with Crippen LogP contribution in [0.3, 0.4) is 0 Å². The van der Waals surface area contributed by atoms with Crippen molar-refractivity contribution < 1.29 is 4.74 Å². The highest BCUT2D eigenvalue weighted by atomic mass is 16.5. The van der Waals surface area contributed by atoms with Crippen molar-refractivity contribution in [2.24, 2.45) is 17.3 Å². The first-order chi connectivity index (χ1) is 8.97. The van der Waals surface area contributed by atoms with Gasteiger partial charge in [0, 0.05) is 38.2 Å². The summed E-state index contributed by atoms with van der Waals surface area (Å²) in [5, 5.41) is 3.54. The molecule has 1 fully saturated rings. The Morgan fingerprint density at radius 2 is 1.79 bits per heavy atom. The molecule has 1 N–H and O–H groups in total. The van der Waals surface area contributed by atoms with Crippen molar-refractivity contribution in [2.45, 2.75) is 41.0 Å². The Bertz CT molecular complexity index is 225. The molecule has 3 nitrogen and oxygen atoms in total. The van der Waals surface area contributed by atoms with Gasteiger partial charge in [-0.05, 0) is 24.8 Å². The lowest BCUT2D eigenvalue weighted by Gasteiger charge is -2.36. The van der Waals surface area contributed by atoms with Crippen molar-refractivity contribution in [3.8, 4) is 0 Å². The molecule has 0 aromatic heterocycles. The molecule has 1 heterocycles. The maximum atomic E-state index is 5.70. The molecule has 0 bridgehead atoms. The van der Waals surface area contributed by atoms with Crippen molar-refractivity contribution in [1.82, 2.24) is 10.2 Å². The number of nitrogens with one attached hydrogen (secondary N) is 1. The van der Waals surface area contributed by atoms with E-state index in [0.717, 1.165) is 38.1 Å². The summed E-state index contributed by atoms with van der Waals surface area (Å²) in [6, 6.07) is 0. The van der Waals surface area contributed by atoms with E-state index in [-0.39, 0.29) is 0 Å². The van der Waals surface area contributed by atoms with Gasteiger partial charge < -0.3 is 15.0 Å². The molecule has 0 saturated carbocycles. The van der Waals surface area contributed by atoms with Crippen LogP contribution in [-0.4, -0.2) is 50.8 Å². The van der Waals surface area contributed by atoms with Crippen LogP contribution in [0.15, 0.2) is 0 Å². The SMILES string of the molecule is CCNCC1(CN(CC(C)C)CC(C)C)CCOC1. The van der Waals surface area contributed by atoms with Gasteiger partial charge >= 0.3 is 0 Å². The highest BCUT2D eigenvalue weighted by molar-refractivity contribution is 4.88. The van der Waals surface area contributed by atoms with E-state index in [2.05, 4.69) is 44.8 Å². The number of nitrogens with zero attached hydrogens (tertiary/aromatic N) is 1. The summed E-state index contributed by atoms with van der Waals surface area (Å²) in [6.45, 7) is 19.0. The zero-order chi connectivity index (χ0) is 14.3. The van der Waals surface area contributed by atoms with Crippen molar-refractivity contribution in [1.29, 1.82) is 0 Å². The maximum Gasteiger partial charge on any atom is 0.0547 e. The maximum absolute atomic E-state index is 5.70. The van der Waals surface area contributed by atoms with Crippen molar-refractivity contribution in [2.75, 3.05) is 45.9 Å². The van der Waals surface area contributed by atoms with Crippen LogP contribution >= 0.6 is 0 Å². The molecule has 3 heteroatoms. The van der Waals surface area contributed by atoms with Crippen molar-refractivity contribution in [3.63, 3.8) is 0 Å². The summed E-state index contributed by atoms with van der Waals surface area (Å²) in [7, 11) is 0. The van der Waals surface area contributed by atoms with Gasteiger partial charge in [-0.15, -0.1) is 0 Å². The second kappa shape index (κ2) is 8.23. The van der Waals surface area contributed by atoms with Crippen LogP contribution < -0.4 is 5.32 Å². The summed E-state index contributed by atoms with van der Waals surface area (Å²) in [4.78, 5) is 2.65. The monoisotopic (exact) mass is 270 g/mol. The molecule has 19 heavy (non-hydrogen) atoms. The van der Waals surface area contributed by atoms with Crippen molar-refractivity contribution in [3.05, 3.63) is 0 Å². The molecule has 0 aromatic rings. The van der Waals surface area contributed by atoms with Crippen LogP contribution in [0.25, 0.3) is 0 Å². The van der Waals surface area contributed by atoms with Gasteiger partial charge in [-0.3, -0.25) is 0 Å². The lowest BCUT2D eigenvalue weighted by atomic mass is 9.86. The van der Waals surface area contributed by atoms with Gasteiger partial charge in [0.2, 0.25) is 0 Å². The Hall–Kier alpha value is -0.120. The van der Waals surface area contributed by atoms with Gasteiger partial charge in [0.25, 0.3) is 0 Å². The first kappa shape index (κ1) is 16.9. The van der Waals surface area contributed by atoms with Crippen LogP contribution in [-0.2, 0) is 4.74 Å². The fraction of sp³-hybridized carbons (Fsp3) is 1.00. The molecule has 0 amide bonds. The van der Waals surface area contributed by atoms with E-state index in [1.165, 1.54) is 26.1 Å². The standard InChI is InChI=1S/C16H34N2O/c1-6-17-11-16(7-8-19-13-16)12-18(9-14(2)3)10-15(4)5/h14-15,17H,6-13H2,1-5H3. The Balaban J connectivity index is 2.61. The zero-order valence-corrected chi connectivity index (χ0v) is 13.7. The molecule has 1 rings (SSSR count). The van der Waals surface area contributed by atoms with E-state index < -0.39 is 0 Å². The molecular formula is C16H34N2O. The predicted molar refractivity (Wildman–Crippen MR) is 82.5 cm³/mol. The first-order valence-corrected chi connectivity index (χ1v) is 7.98. The Morgan fingerprint density at radius 1 is 1.16 bits per heavy atom. The van der Waals surface area contributed by atoms with Gasteiger partial charge in [0.1, 0.15) is 0 Å². The predicted octanol–water partition coefficient (Wildman–Crippen LogP) is 2.62. The lowest BCUT2D eigenvalue weighted by Crippen LogP contribution is -2.46. The number of hydrogen-bond donors (Lipinski definition) is 1. The Morgan fingerprint density at radius 3 is 2.21 bits per heavy atom. The molecule has 0 spiro atoms. The molecule has 1 saturated heterocycles. The van der Waals surface area contributed by atoms with E-state index in [1.54, 1.807) is 0 Å². The third-order valence-electron chi connectivity index (χ3n) is 3.74. The second-order valence-electron chi connectivity index (χ2n) is 7.06. The molecule has 1 aliphatic heterocycles. The fourth-order valence-corrected chi connectivity index (χ4v) is 3.07. The fourth-order valence-electron chi connectivity index (χ4n) is 3.07. The largest absolute Gasteiger partial charge is 0.381 e. The topological polar surface area (TPSA) is 24.5 Å². The van der Waals surface area contributed by atoms with Crippen LogP contribution in [0.1, 0.15) is 41.0 Å². The summed E-state index contributed by atoms with van der Waals surface area (Å²) in [5.41, 5.74) is 0.333. The van der Waals surface area contributed by atoms with Gasteiger partial charge in [0.05, 0.1) is 6.61 Å². The minimum atomic E-state index is 0.333. The van der Waals surface area contributed by atoms with Crippen LogP contribution in [0.4, 0.5) is 0 Å². The third-order valence-corrected chi connectivity index (χ3v) is 3.74. The third kappa shape index (κ3) is 6.24. The Kier molecular flexibility index (Phi) is 7.33. The highest BCUT2D eigenvalue weighted by Gasteiger charge is 2.36. The van der Waals surface area contributed by atoms with Gasteiger partial charge in [-0.25, -0.2) is 0 Å². The minimum Gasteiger partial charge on any atom is -0.381 e. The molecule has 0 radical (unpaired) electrons. The summed E-state index contributed by atoms with van der Waals surface area (Å²) >= 11 is 0. The van der Waals surface area contributed by atoms with Gasteiger partial charge in [0.15, 0.2) is 0 Å². The van der Waals surface area contributed by atoms with Crippen LogP contribution in [0.2, 0.25) is 0 Å². The molecule has 0 aliphatic carbocycles. The number of hydrogen-bond acceptors (Lipinski definition) is 3. The average molecular weight is 270 g/mol. The van der Waals surface area contributed by atoms with Crippen molar-refractivity contribution >= 4 is 0 Å². The molecule has 0 aromatic carbocycles. The minimum absolute atomic E-state index is 0.333. The van der Waals surface area contributed by atoms with E-state index in [1.807, 2.05) is 0 Å². The van der Waals surface area contributed by atoms with Crippen LogP contribution in [0.5, 0.6) is 0 Å². The van der Waals surface area contributed by atoms with E-state index in [0.29, 0.717) is 5.41 Å². The quantitative estimate of drug-likeness (QED) is 0.697. The zero-order valence-electron chi connectivity index (χ0n) is 13.7. The summed E-state index contributed by atoms with van der Waals surface area (Å²) in [6.07, 6.45) is 1.20.